The first-order valence-corrected chi connectivity index (χ1v) is 7.59. The Hall–Kier alpha value is -0.230. The van der Waals surface area contributed by atoms with Crippen LogP contribution >= 0.6 is 11.8 Å². The van der Waals surface area contributed by atoms with Gasteiger partial charge in [0.15, 0.2) is 9.84 Å². The van der Waals surface area contributed by atoms with Gasteiger partial charge in [-0.05, 0) is 19.6 Å². The number of sulfone groups is 1. The average Bonchev–Trinajstić information content (AvgIpc) is 2.25. The van der Waals surface area contributed by atoms with E-state index in [9.17, 15) is 13.2 Å². The number of thioether (sulfide) groups is 1. The van der Waals surface area contributed by atoms with Crippen molar-refractivity contribution in [3.8, 4) is 0 Å². The van der Waals surface area contributed by atoms with Crippen LogP contribution in [0.3, 0.4) is 0 Å². The van der Waals surface area contributed by atoms with Crippen molar-refractivity contribution in [2.45, 2.75) is 18.9 Å². The molecule has 0 aromatic carbocycles. The SMILES string of the molecule is CSCC(=O)NC1(C)CCS(=O)(=O)C1. The molecule has 1 unspecified atom stereocenters. The molecule has 1 heterocycles. The summed E-state index contributed by atoms with van der Waals surface area (Å²) in [6, 6.07) is 0. The highest BCUT2D eigenvalue weighted by atomic mass is 32.2. The van der Waals surface area contributed by atoms with E-state index in [-0.39, 0.29) is 17.4 Å². The molecule has 0 aromatic heterocycles. The van der Waals surface area contributed by atoms with Crippen molar-refractivity contribution in [2.75, 3.05) is 23.5 Å². The fourth-order valence-electron chi connectivity index (χ4n) is 1.61. The van der Waals surface area contributed by atoms with Gasteiger partial charge in [-0.25, -0.2) is 8.42 Å². The number of hydrogen-bond acceptors (Lipinski definition) is 4. The molecule has 0 saturated carbocycles. The Morgan fingerprint density at radius 2 is 2.21 bits per heavy atom. The van der Waals surface area contributed by atoms with E-state index in [1.165, 1.54) is 11.8 Å². The van der Waals surface area contributed by atoms with Crippen LogP contribution in [0, 0.1) is 0 Å². The number of amides is 1. The van der Waals surface area contributed by atoms with E-state index < -0.39 is 15.4 Å². The summed E-state index contributed by atoms with van der Waals surface area (Å²) in [6.45, 7) is 1.79. The first kappa shape index (κ1) is 11.8. The zero-order valence-electron chi connectivity index (χ0n) is 8.37. The molecule has 1 fully saturated rings. The molecule has 0 spiro atoms. The standard InChI is InChI=1S/C8H15NO3S2/c1-8(9-7(10)5-13-2)3-4-14(11,12)6-8/h3-6H2,1-2H3,(H,9,10). The number of hydrogen-bond donors (Lipinski definition) is 1. The molecule has 4 nitrogen and oxygen atoms in total. The molecule has 14 heavy (non-hydrogen) atoms. The lowest BCUT2D eigenvalue weighted by atomic mass is 10.0. The second kappa shape index (κ2) is 4.10. The van der Waals surface area contributed by atoms with Crippen LogP contribution in [0.2, 0.25) is 0 Å². The van der Waals surface area contributed by atoms with Gasteiger partial charge in [-0.2, -0.15) is 11.8 Å². The highest BCUT2D eigenvalue weighted by Gasteiger charge is 2.39. The molecule has 0 radical (unpaired) electrons. The quantitative estimate of drug-likeness (QED) is 0.753. The van der Waals surface area contributed by atoms with Gasteiger partial charge in [0, 0.05) is 0 Å². The van der Waals surface area contributed by atoms with Crippen molar-refractivity contribution in [1.29, 1.82) is 0 Å². The van der Waals surface area contributed by atoms with Crippen molar-refractivity contribution >= 4 is 27.5 Å². The van der Waals surface area contributed by atoms with Crippen LogP contribution in [0.4, 0.5) is 0 Å². The Bertz CT molecular complexity index is 325. The van der Waals surface area contributed by atoms with Gasteiger partial charge in [0.2, 0.25) is 5.91 Å². The molecule has 6 heteroatoms. The van der Waals surface area contributed by atoms with E-state index in [4.69, 9.17) is 0 Å². The smallest absolute Gasteiger partial charge is 0.230 e. The van der Waals surface area contributed by atoms with Crippen molar-refractivity contribution in [3.05, 3.63) is 0 Å². The molecular weight excluding hydrogens is 222 g/mol. The van der Waals surface area contributed by atoms with Crippen LogP contribution in [-0.4, -0.2) is 43.4 Å². The van der Waals surface area contributed by atoms with Gasteiger partial charge in [0.25, 0.3) is 0 Å². The largest absolute Gasteiger partial charge is 0.349 e. The van der Waals surface area contributed by atoms with E-state index in [0.29, 0.717) is 12.2 Å². The van der Waals surface area contributed by atoms with Crippen LogP contribution in [0.1, 0.15) is 13.3 Å². The fraction of sp³-hybridized carbons (Fsp3) is 0.875. The minimum atomic E-state index is -2.94. The first-order valence-electron chi connectivity index (χ1n) is 4.37. The molecule has 1 amide bonds. The summed E-state index contributed by atoms with van der Waals surface area (Å²) >= 11 is 1.43. The fourth-order valence-corrected chi connectivity index (χ4v) is 4.04. The summed E-state index contributed by atoms with van der Waals surface area (Å²) in [5.41, 5.74) is -0.550. The predicted octanol–water partition coefficient (Wildman–Crippen LogP) is 0.0428. The molecule has 0 bridgehead atoms. The van der Waals surface area contributed by atoms with E-state index in [1.54, 1.807) is 6.92 Å². The maximum Gasteiger partial charge on any atom is 0.230 e. The lowest BCUT2D eigenvalue weighted by molar-refractivity contribution is -0.120. The van der Waals surface area contributed by atoms with E-state index in [1.807, 2.05) is 6.26 Å². The van der Waals surface area contributed by atoms with Crippen molar-refractivity contribution in [2.24, 2.45) is 0 Å². The van der Waals surface area contributed by atoms with Crippen LogP contribution in [0.15, 0.2) is 0 Å². The van der Waals surface area contributed by atoms with Crippen molar-refractivity contribution in [1.82, 2.24) is 5.32 Å². The molecule has 1 aliphatic rings. The monoisotopic (exact) mass is 237 g/mol. The second-order valence-corrected chi connectivity index (χ2v) is 6.93. The summed E-state index contributed by atoms with van der Waals surface area (Å²) < 4.78 is 22.5. The molecule has 1 aliphatic heterocycles. The highest BCUT2D eigenvalue weighted by Crippen LogP contribution is 2.22. The molecule has 0 aromatic rings. The van der Waals surface area contributed by atoms with Gasteiger partial charge in [-0.3, -0.25) is 4.79 Å². The number of carbonyl (C=O) groups excluding carboxylic acids is 1. The zero-order chi connectivity index (χ0) is 10.8. The lowest BCUT2D eigenvalue weighted by Crippen LogP contribution is -2.47. The summed E-state index contributed by atoms with van der Waals surface area (Å²) in [6.07, 6.45) is 2.36. The second-order valence-electron chi connectivity index (χ2n) is 3.88. The van der Waals surface area contributed by atoms with Gasteiger partial charge >= 0.3 is 0 Å². The van der Waals surface area contributed by atoms with Gasteiger partial charge in [-0.15, -0.1) is 0 Å². The van der Waals surface area contributed by atoms with Crippen molar-refractivity contribution < 1.29 is 13.2 Å². The van der Waals surface area contributed by atoms with E-state index in [2.05, 4.69) is 5.32 Å². The number of nitrogens with one attached hydrogen (secondary N) is 1. The van der Waals surface area contributed by atoms with E-state index >= 15 is 0 Å². The molecule has 1 rings (SSSR count). The summed E-state index contributed by atoms with van der Waals surface area (Å²) in [5.74, 6) is 0.552. The van der Waals surface area contributed by atoms with Gasteiger partial charge in [0.05, 0.1) is 22.8 Å². The highest BCUT2D eigenvalue weighted by molar-refractivity contribution is 7.99. The third-order valence-electron chi connectivity index (χ3n) is 2.22. The molecule has 82 valence electrons. The Kier molecular flexibility index (Phi) is 3.47. The molecule has 1 saturated heterocycles. The minimum Gasteiger partial charge on any atom is -0.349 e. The predicted molar refractivity (Wildman–Crippen MR) is 58.2 cm³/mol. The molecule has 1 atom stereocenters. The summed E-state index contributed by atoms with van der Waals surface area (Å²) in [4.78, 5) is 11.3. The Morgan fingerprint density at radius 1 is 1.57 bits per heavy atom. The van der Waals surface area contributed by atoms with Crippen molar-refractivity contribution in [3.63, 3.8) is 0 Å². The Labute approximate surface area is 88.7 Å². The molecule has 1 N–H and O–H groups in total. The topological polar surface area (TPSA) is 63.2 Å². The Balaban J connectivity index is 2.57. The maximum absolute atomic E-state index is 11.3. The average molecular weight is 237 g/mol. The molecule has 0 aliphatic carbocycles. The van der Waals surface area contributed by atoms with E-state index in [0.717, 1.165) is 0 Å². The Morgan fingerprint density at radius 3 is 2.64 bits per heavy atom. The molecular formula is C8H15NO3S2. The number of rotatable bonds is 3. The van der Waals surface area contributed by atoms with Gasteiger partial charge in [-0.1, -0.05) is 0 Å². The first-order chi connectivity index (χ1) is 6.37. The normalized spacial score (nSPS) is 30.1. The zero-order valence-corrected chi connectivity index (χ0v) is 10.0. The van der Waals surface area contributed by atoms with Crippen LogP contribution < -0.4 is 5.32 Å². The number of carbonyl (C=O) groups is 1. The van der Waals surface area contributed by atoms with Gasteiger partial charge in [0.1, 0.15) is 0 Å². The lowest BCUT2D eigenvalue weighted by Gasteiger charge is -2.23. The van der Waals surface area contributed by atoms with Crippen LogP contribution in [0.25, 0.3) is 0 Å². The van der Waals surface area contributed by atoms with Gasteiger partial charge < -0.3 is 5.32 Å². The third-order valence-corrected chi connectivity index (χ3v) is 4.67. The third kappa shape index (κ3) is 3.16. The summed E-state index contributed by atoms with van der Waals surface area (Å²) in [7, 11) is -2.94. The maximum atomic E-state index is 11.3. The van der Waals surface area contributed by atoms with Crippen LogP contribution in [0.5, 0.6) is 0 Å². The summed E-state index contributed by atoms with van der Waals surface area (Å²) in [5, 5.41) is 2.77. The minimum absolute atomic E-state index is 0.0696. The van der Waals surface area contributed by atoms with Crippen LogP contribution in [-0.2, 0) is 14.6 Å².